The molecule has 4 N–H and O–H groups in total. The number of nitrogens with two attached hydrogens (primary N) is 2. The summed E-state index contributed by atoms with van der Waals surface area (Å²) >= 11 is 10.3. The van der Waals surface area contributed by atoms with Crippen LogP contribution in [0.2, 0.25) is 0 Å². The van der Waals surface area contributed by atoms with Gasteiger partial charge in [-0.15, -0.1) is 0 Å². The first-order valence-corrected chi connectivity index (χ1v) is 28.6. The summed E-state index contributed by atoms with van der Waals surface area (Å²) in [4.78, 5) is 44.8. The summed E-state index contributed by atoms with van der Waals surface area (Å²) in [5.41, 5.74) is 10.3. The molecule has 30 heteroatoms. The van der Waals surface area contributed by atoms with Crippen molar-refractivity contribution >= 4 is 47.8 Å². The Balaban J connectivity index is 0.000000180. The van der Waals surface area contributed by atoms with Crippen molar-refractivity contribution in [1.29, 1.82) is 0 Å². The van der Waals surface area contributed by atoms with E-state index < -0.39 is 127 Å². The molecule has 0 aliphatic rings. The Bertz CT molecular complexity index is 4370. The van der Waals surface area contributed by atoms with Crippen LogP contribution in [0.15, 0.2) is 215 Å². The number of carbonyl (C=O) groups is 2. The zero-order valence-electron chi connectivity index (χ0n) is 50.1. The summed E-state index contributed by atoms with van der Waals surface area (Å²) in [6.07, 6.45) is -0.562. The summed E-state index contributed by atoms with van der Waals surface area (Å²) in [6.45, 7) is 0. The van der Waals surface area contributed by atoms with Gasteiger partial charge < -0.3 is 11.5 Å². The lowest BCUT2D eigenvalue weighted by Gasteiger charge is -2.10. The topological polar surface area (TPSA) is 188 Å². The van der Waals surface area contributed by atoms with E-state index in [4.69, 9.17) is 35.0 Å². The van der Waals surface area contributed by atoms with Gasteiger partial charge in [0.1, 0.15) is 11.7 Å². The number of aromatic nitrogens is 6. The summed E-state index contributed by atoms with van der Waals surface area (Å²) in [7, 11) is 0. The minimum absolute atomic E-state index is 0.0394. The summed E-state index contributed by atoms with van der Waals surface area (Å²) in [5.74, 6) is -25.3. The SMILES string of the molecule is Fc1cc(F)c(F)c(-c2nc(-c3ccccc3)nc(-c3ccccc3)n2)c1F.Fc1cc(F)c(F)c(-c2nc(-c3ccccc3)nc(-c3ccccc3)n2)c1F.NC(=NCl)c1ccccc1.NC(=NCl)c1ccccc1.O=Cc1c(F)c(F)cc(F)c1F.O=Cc1c(F)c(F)cc(F)c1F. The molecule has 12 nitrogen and oxygen atoms in total. The van der Waals surface area contributed by atoms with Crippen LogP contribution in [0.5, 0.6) is 0 Å². The van der Waals surface area contributed by atoms with Gasteiger partial charge in [0.05, 0.1) is 22.3 Å². The zero-order chi connectivity index (χ0) is 72.7. The maximum absolute atomic E-state index is 14.3. The second-order valence-electron chi connectivity index (χ2n) is 19.4. The van der Waals surface area contributed by atoms with Gasteiger partial charge in [-0.05, 0) is 0 Å². The smallest absolute Gasteiger partial charge is 0.173 e. The first-order chi connectivity index (χ1) is 47.9. The molecule has 0 spiro atoms. The van der Waals surface area contributed by atoms with E-state index in [1.54, 1.807) is 121 Å². The highest BCUT2D eigenvalue weighted by Crippen LogP contribution is 2.33. The van der Waals surface area contributed by atoms with E-state index in [0.29, 0.717) is 33.9 Å². The maximum atomic E-state index is 14.3. The Morgan fingerprint density at radius 3 is 0.650 bits per heavy atom. The number of hydrogen-bond acceptors (Lipinski definition) is 10. The normalized spacial score (nSPS) is 10.8. The van der Waals surface area contributed by atoms with Gasteiger partial charge in [-0.3, -0.25) is 9.59 Å². The second-order valence-corrected chi connectivity index (χ2v) is 19.8. The van der Waals surface area contributed by atoms with Crippen LogP contribution >= 0.6 is 23.6 Å². The first-order valence-electron chi connectivity index (χ1n) is 27.9. The van der Waals surface area contributed by atoms with Crippen LogP contribution in [0, 0.1) is 93.1 Å². The van der Waals surface area contributed by atoms with Crippen molar-refractivity contribution in [3.63, 3.8) is 0 Å². The van der Waals surface area contributed by atoms with Gasteiger partial charge in [0, 0.05) is 81.2 Å². The van der Waals surface area contributed by atoms with Crippen LogP contribution in [0.4, 0.5) is 70.2 Å². The number of nitrogens with zero attached hydrogens (tertiary/aromatic N) is 8. The van der Waals surface area contributed by atoms with E-state index >= 15 is 0 Å². The van der Waals surface area contributed by atoms with Gasteiger partial charge in [0.15, 0.2) is 141 Å². The minimum Gasteiger partial charge on any atom is -0.382 e. The number of aldehydes is 2. The van der Waals surface area contributed by atoms with Gasteiger partial charge in [-0.2, -0.15) is 9.02 Å². The average molecular weight is 1430 g/mol. The Labute approximate surface area is 565 Å². The van der Waals surface area contributed by atoms with Gasteiger partial charge in [-0.25, -0.2) is 100 Å². The summed E-state index contributed by atoms with van der Waals surface area (Å²) in [6, 6.07) is 53.8. The van der Waals surface area contributed by atoms with Crippen LogP contribution in [0.1, 0.15) is 31.8 Å². The quantitative estimate of drug-likeness (QED) is 0.0438. The van der Waals surface area contributed by atoms with E-state index in [-0.39, 0.29) is 60.1 Å². The number of carbonyl (C=O) groups excluding carboxylic acids is 2. The lowest BCUT2D eigenvalue weighted by Crippen LogP contribution is -2.11. The van der Waals surface area contributed by atoms with Crippen molar-refractivity contribution < 1.29 is 79.8 Å². The maximum Gasteiger partial charge on any atom is 0.173 e. The fourth-order valence-corrected chi connectivity index (χ4v) is 8.28. The lowest BCUT2D eigenvalue weighted by atomic mass is 10.1. The highest BCUT2D eigenvalue weighted by Gasteiger charge is 2.27. The van der Waals surface area contributed by atoms with Crippen molar-refractivity contribution in [2.75, 3.05) is 0 Å². The predicted octanol–water partition coefficient (Wildman–Crippen LogP) is 18.1. The molecule has 0 aliphatic carbocycles. The van der Waals surface area contributed by atoms with Crippen molar-refractivity contribution in [1.82, 2.24) is 29.9 Å². The van der Waals surface area contributed by atoms with Gasteiger partial charge in [0.25, 0.3) is 0 Å². The third kappa shape index (κ3) is 19.2. The minimum atomic E-state index is -1.68. The number of benzene rings is 10. The van der Waals surface area contributed by atoms with Crippen molar-refractivity contribution in [2.45, 2.75) is 0 Å². The molecule has 10 aromatic carbocycles. The fraction of sp³-hybridized carbons (Fsp3) is 0. The molecule has 0 saturated heterocycles. The first kappa shape index (κ1) is 75.3. The van der Waals surface area contributed by atoms with Crippen molar-refractivity contribution in [3.05, 3.63) is 322 Å². The number of rotatable bonds is 10. The van der Waals surface area contributed by atoms with E-state index in [9.17, 15) is 79.8 Å². The van der Waals surface area contributed by atoms with Crippen LogP contribution in [0.25, 0.3) is 68.3 Å². The van der Waals surface area contributed by atoms with Gasteiger partial charge >= 0.3 is 0 Å². The highest BCUT2D eigenvalue weighted by atomic mass is 35.5. The number of halogens is 18. The molecule has 12 aromatic rings. The van der Waals surface area contributed by atoms with E-state index in [2.05, 4.69) is 38.9 Å². The molecule has 2 aromatic heterocycles. The number of amidine groups is 2. The van der Waals surface area contributed by atoms with Gasteiger partial charge in [-0.1, -0.05) is 182 Å². The third-order valence-corrected chi connectivity index (χ3v) is 13.3. The largest absolute Gasteiger partial charge is 0.382 e. The molecule has 0 atom stereocenters. The Hall–Kier alpha value is -12.0. The molecule has 0 unspecified atom stereocenters. The molecular weight excluding hydrogens is 1390 g/mol. The number of hydrogen-bond donors (Lipinski definition) is 2. The lowest BCUT2D eigenvalue weighted by molar-refractivity contribution is 0.110. The third-order valence-electron chi connectivity index (χ3n) is 12.9. The van der Waals surface area contributed by atoms with Crippen LogP contribution < -0.4 is 11.5 Å². The van der Waals surface area contributed by atoms with Crippen molar-refractivity contribution in [3.8, 4) is 68.3 Å². The average Bonchev–Trinajstić information content (AvgIpc) is 0.783. The summed E-state index contributed by atoms with van der Waals surface area (Å²) < 4.78 is 217. The van der Waals surface area contributed by atoms with E-state index in [1.807, 2.05) is 60.7 Å². The molecule has 12 rings (SSSR count). The Morgan fingerprint density at radius 2 is 0.460 bits per heavy atom. The van der Waals surface area contributed by atoms with Crippen LogP contribution in [0.3, 0.4) is 0 Å². The molecule has 0 fully saturated rings. The Morgan fingerprint density at radius 1 is 0.280 bits per heavy atom. The molecule has 100 heavy (non-hydrogen) atoms. The molecule has 0 bridgehead atoms. The second kappa shape index (κ2) is 35.8. The van der Waals surface area contributed by atoms with Crippen LogP contribution in [-0.4, -0.2) is 54.1 Å². The standard InChI is InChI=1S/2C21H11F4N3.2C7H7ClN2.2C7H2F4O/c2*22-14-11-15(23)18(25)16(17(14)24)21-27-19(12-7-3-1-4-8-12)26-20(28-21)13-9-5-2-6-10-13;2*8-10-7(9)6-4-2-1-3-5-6;2*8-4-1-5(9)7(11)3(2-12)6(4)10/h2*1-11H;2*1-5H,(H2,9,10);2*1-2H. The monoisotopic (exact) mass is 1430 g/mol. The van der Waals surface area contributed by atoms with E-state index in [1.165, 1.54) is 0 Å². The molecule has 0 radical (unpaired) electrons. The molecule has 2 heterocycles. The predicted molar refractivity (Wildman–Crippen MR) is 341 cm³/mol. The molecule has 508 valence electrons. The Kier molecular flexibility index (Phi) is 27.0. The van der Waals surface area contributed by atoms with Crippen LogP contribution in [-0.2, 0) is 0 Å². The van der Waals surface area contributed by atoms with Crippen molar-refractivity contribution in [2.24, 2.45) is 20.5 Å². The van der Waals surface area contributed by atoms with Gasteiger partial charge in [0.2, 0.25) is 0 Å². The molecule has 0 aliphatic heterocycles. The van der Waals surface area contributed by atoms with E-state index in [0.717, 1.165) is 11.1 Å². The fourth-order valence-electron chi connectivity index (χ4n) is 8.09. The molecular formula is C70H40Cl2F16N10O2. The molecule has 0 amide bonds. The highest BCUT2D eigenvalue weighted by molar-refractivity contribution is 6.22. The zero-order valence-corrected chi connectivity index (χ0v) is 51.6. The molecule has 0 saturated carbocycles. The summed E-state index contributed by atoms with van der Waals surface area (Å²) in [5, 5.41) is 0.